The van der Waals surface area contributed by atoms with Crippen molar-refractivity contribution in [1.82, 2.24) is 29.9 Å². The number of aromatic nitrogens is 5. The van der Waals surface area contributed by atoms with Crippen LogP contribution in [0.1, 0.15) is 60.5 Å². The van der Waals surface area contributed by atoms with Crippen LogP contribution in [0.5, 0.6) is 0 Å². The summed E-state index contributed by atoms with van der Waals surface area (Å²) >= 11 is 0. The number of hydrogen-bond donors (Lipinski definition) is 1. The molecule has 33 heavy (non-hydrogen) atoms. The predicted octanol–water partition coefficient (Wildman–Crippen LogP) is 4.89. The van der Waals surface area contributed by atoms with Crippen molar-refractivity contribution < 1.29 is 4.79 Å². The van der Waals surface area contributed by atoms with Crippen molar-refractivity contribution in [3.63, 3.8) is 0 Å². The average Bonchev–Trinajstić information content (AvgIpc) is 3.51. The fourth-order valence-electron chi connectivity index (χ4n) is 4.39. The van der Waals surface area contributed by atoms with E-state index in [-0.39, 0.29) is 17.4 Å². The summed E-state index contributed by atoms with van der Waals surface area (Å²) in [4.78, 5) is 25.5. The van der Waals surface area contributed by atoms with Gasteiger partial charge in [0.1, 0.15) is 5.82 Å². The molecule has 1 amide bonds. The van der Waals surface area contributed by atoms with Gasteiger partial charge < -0.3 is 9.88 Å². The molecule has 2 aromatic heterocycles. The number of amides is 1. The topological polar surface area (TPSA) is 79.7 Å². The van der Waals surface area contributed by atoms with Gasteiger partial charge in [0.15, 0.2) is 0 Å². The van der Waals surface area contributed by atoms with Gasteiger partial charge in [-0.3, -0.25) is 4.79 Å². The smallest absolute Gasteiger partial charge is 0.257 e. The first-order chi connectivity index (χ1) is 15.7. The van der Waals surface area contributed by atoms with E-state index in [4.69, 9.17) is 4.98 Å². The number of aryl methyl sites for hydroxylation is 1. The summed E-state index contributed by atoms with van der Waals surface area (Å²) in [7, 11) is 0. The summed E-state index contributed by atoms with van der Waals surface area (Å²) < 4.78 is 0. The molecule has 0 bridgehead atoms. The molecule has 1 fully saturated rings. The van der Waals surface area contributed by atoms with E-state index in [0.29, 0.717) is 24.2 Å². The van der Waals surface area contributed by atoms with Crippen LogP contribution in [0.4, 0.5) is 0 Å². The number of imidazole rings is 1. The van der Waals surface area contributed by atoms with E-state index in [1.165, 1.54) is 10.4 Å². The van der Waals surface area contributed by atoms with Crippen LogP contribution in [0.2, 0.25) is 0 Å². The second-order valence-electron chi connectivity index (χ2n) is 9.85. The second kappa shape index (κ2) is 7.69. The van der Waals surface area contributed by atoms with Crippen LogP contribution in [0.3, 0.4) is 0 Å². The van der Waals surface area contributed by atoms with E-state index in [1.54, 1.807) is 12.4 Å². The van der Waals surface area contributed by atoms with Gasteiger partial charge >= 0.3 is 0 Å². The quantitative estimate of drug-likeness (QED) is 0.460. The number of aromatic amines is 1. The van der Waals surface area contributed by atoms with Gasteiger partial charge in [-0.2, -0.15) is 15.0 Å². The normalized spacial score (nSPS) is 16.7. The van der Waals surface area contributed by atoms with E-state index >= 15 is 0 Å². The van der Waals surface area contributed by atoms with Crippen LogP contribution in [0, 0.1) is 6.92 Å². The van der Waals surface area contributed by atoms with Gasteiger partial charge in [-0.25, -0.2) is 4.98 Å². The Balaban J connectivity index is 1.53. The minimum Gasteiger partial charge on any atom is -0.340 e. The van der Waals surface area contributed by atoms with Gasteiger partial charge in [-0.15, -0.1) is 0 Å². The fraction of sp³-hybridized carbons (Fsp3) is 0.308. The zero-order valence-corrected chi connectivity index (χ0v) is 19.5. The zero-order valence-electron chi connectivity index (χ0n) is 19.5. The van der Waals surface area contributed by atoms with E-state index in [0.717, 1.165) is 28.0 Å². The van der Waals surface area contributed by atoms with E-state index in [1.807, 2.05) is 36.1 Å². The summed E-state index contributed by atoms with van der Waals surface area (Å²) in [6.07, 6.45) is 3.90. The van der Waals surface area contributed by atoms with Gasteiger partial charge in [0, 0.05) is 6.54 Å². The van der Waals surface area contributed by atoms with Crippen molar-refractivity contribution in [1.29, 1.82) is 0 Å². The van der Waals surface area contributed by atoms with Gasteiger partial charge in [0.05, 0.1) is 40.7 Å². The Morgan fingerprint density at radius 1 is 1.12 bits per heavy atom. The number of nitrogens with one attached hydrogen (secondary N) is 1. The highest BCUT2D eigenvalue weighted by atomic mass is 16.2. The molecule has 0 radical (unpaired) electrons. The molecule has 7 heteroatoms. The van der Waals surface area contributed by atoms with Crippen molar-refractivity contribution in [2.24, 2.45) is 0 Å². The Morgan fingerprint density at radius 3 is 2.61 bits per heavy atom. The summed E-state index contributed by atoms with van der Waals surface area (Å²) in [5, 5.41) is 8.49. The van der Waals surface area contributed by atoms with Gasteiger partial charge in [0.2, 0.25) is 0 Å². The first-order valence-electron chi connectivity index (χ1n) is 11.2. The second-order valence-corrected chi connectivity index (χ2v) is 9.85. The number of benzene rings is 2. The lowest BCUT2D eigenvalue weighted by atomic mass is 9.87. The van der Waals surface area contributed by atoms with Crippen LogP contribution in [-0.2, 0) is 5.41 Å². The average molecular weight is 441 g/mol. The molecule has 0 saturated carbocycles. The molecule has 1 aliphatic rings. The third-order valence-electron chi connectivity index (χ3n) is 6.21. The molecule has 168 valence electrons. The SMILES string of the molecule is C=C1C[C@@H](c2nc3ccc(C(C)(C)C)cc3[nH]2)N(C(=O)c2ccc(C)cc2-n2nccn2)C1. The first-order valence-corrected chi connectivity index (χ1v) is 11.2. The molecule has 0 aliphatic carbocycles. The molecule has 7 nitrogen and oxygen atoms in total. The zero-order chi connectivity index (χ0) is 23.3. The summed E-state index contributed by atoms with van der Waals surface area (Å²) in [6, 6.07) is 11.9. The lowest BCUT2D eigenvalue weighted by molar-refractivity contribution is 0.0732. The van der Waals surface area contributed by atoms with E-state index in [2.05, 4.69) is 54.7 Å². The Morgan fingerprint density at radius 2 is 1.88 bits per heavy atom. The number of carbonyl (C=O) groups excluding carboxylic acids is 1. The summed E-state index contributed by atoms with van der Waals surface area (Å²) in [6.45, 7) is 13.2. The number of H-pyrrole nitrogens is 1. The highest BCUT2D eigenvalue weighted by molar-refractivity contribution is 5.98. The molecule has 2 aromatic carbocycles. The maximum atomic E-state index is 13.8. The number of hydrogen-bond acceptors (Lipinski definition) is 4. The first kappa shape index (κ1) is 21.1. The van der Waals surface area contributed by atoms with Crippen LogP contribution in [0.25, 0.3) is 16.7 Å². The van der Waals surface area contributed by atoms with Gasteiger partial charge in [0.25, 0.3) is 5.91 Å². The number of carbonyl (C=O) groups is 1. The number of nitrogens with zero attached hydrogens (tertiary/aromatic N) is 5. The standard InChI is InChI=1S/C26H28N6O/c1-16-6-8-19(22(12-16)32-27-10-11-28-32)25(33)31-15-17(2)13-23(31)24-29-20-9-7-18(26(3,4)5)14-21(20)30-24/h6-12,14,23H,2,13,15H2,1,3-5H3,(H,29,30)/t23-/m0/s1. The van der Waals surface area contributed by atoms with Gasteiger partial charge in [-0.05, 0) is 54.2 Å². The van der Waals surface area contributed by atoms with Crippen LogP contribution in [-0.4, -0.2) is 42.3 Å². The van der Waals surface area contributed by atoms with Gasteiger partial charge in [-0.1, -0.05) is 45.1 Å². The van der Waals surface area contributed by atoms with Crippen LogP contribution in [0.15, 0.2) is 60.9 Å². The summed E-state index contributed by atoms with van der Waals surface area (Å²) in [5.74, 6) is 0.704. The Hall–Kier alpha value is -3.74. The largest absolute Gasteiger partial charge is 0.340 e. The molecule has 5 rings (SSSR count). The Kier molecular flexibility index (Phi) is 4.92. The molecule has 4 aromatic rings. The van der Waals surface area contributed by atoms with E-state index < -0.39 is 0 Å². The lowest BCUT2D eigenvalue weighted by Crippen LogP contribution is -2.32. The molecule has 1 aliphatic heterocycles. The molecule has 1 N–H and O–H groups in total. The number of rotatable bonds is 3. The van der Waals surface area contributed by atoms with Crippen LogP contribution < -0.4 is 0 Å². The molecule has 1 saturated heterocycles. The van der Waals surface area contributed by atoms with Crippen molar-refractivity contribution in [2.75, 3.05) is 6.54 Å². The molecular weight excluding hydrogens is 412 g/mol. The van der Waals surface area contributed by atoms with Crippen LogP contribution >= 0.6 is 0 Å². The van der Waals surface area contributed by atoms with E-state index in [9.17, 15) is 4.79 Å². The third-order valence-corrected chi connectivity index (χ3v) is 6.21. The molecule has 0 unspecified atom stereocenters. The summed E-state index contributed by atoms with van der Waals surface area (Å²) in [5.41, 5.74) is 6.45. The monoisotopic (exact) mass is 440 g/mol. The maximum absolute atomic E-state index is 13.8. The maximum Gasteiger partial charge on any atom is 0.257 e. The van der Waals surface area contributed by atoms with Crippen molar-refractivity contribution >= 4 is 16.9 Å². The molecule has 1 atom stereocenters. The molecule has 0 spiro atoms. The Bertz CT molecular complexity index is 1360. The minimum absolute atomic E-state index is 0.0471. The van der Waals surface area contributed by atoms with Crippen molar-refractivity contribution in [3.05, 3.63) is 83.5 Å². The predicted molar refractivity (Wildman–Crippen MR) is 128 cm³/mol. The van der Waals surface area contributed by atoms with Crippen molar-refractivity contribution in [2.45, 2.75) is 45.6 Å². The minimum atomic E-state index is -0.199. The van der Waals surface area contributed by atoms with Crippen molar-refractivity contribution in [3.8, 4) is 5.69 Å². The number of likely N-dealkylation sites (tertiary alicyclic amines) is 1. The third kappa shape index (κ3) is 3.84. The fourth-order valence-corrected chi connectivity index (χ4v) is 4.39. The molecule has 3 heterocycles. The molecular formula is C26H28N6O. The highest BCUT2D eigenvalue weighted by Crippen LogP contribution is 2.36. The lowest BCUT2D eigenvalue weighted by Gasteiger charge is -2.24. The number of fused-ring (bicyclic) bond motifs is 1. The highest BCUT2D eigenvalue weighted by Gasteiger charge is 2.36. The Labute approximate surface area is 193 Å².